The quantitative estimate of drug-likeness (QED) is 0.831. The van der Waals surface area contributed by atoms with Gasteiger partial charge in [0.2, 0.25) is 0 Å². The number of halogens is 1. The summed E-state index contributed by atoms with van der Waals surface area (Å²) in [5.74, 6) is -0.477. The van der Waals surface area contributed by atoms with Crippen molar-refractivity contribution in [3.8, 4) is 0 Å². The number of carbonyl (C=O) groups is 1. The maximum Gasteiger partial charge on any atom is 0.270 e. The minimum atomic E-state index is -3.96. The molecule has 120 valence electrons. The molecular formula is C17H16ClNO3S. The van der Waals surface area contributed by atoms with Crippen molar-refractivity contribution < 1.29 is 13.2 Å². The van der Waals surface area contributed by atoms with E-state index in [4.69, 9.17) is 11.6 Å². The molecule has 0 aliphatic carbocycles. The van der Waals surface area contributed by atoms with Crippen LogP contribution < -0.4 is 4.31 Å². The van der Waals surface area contributed by atoms with Gasteiger partial charge in [-0.2, -0.15) is 0 Å². The summed E-state index contributed by atoms with van der Waals surface area (Å²) in [5, 5.41) is 0.471. The summed E-state index contributed by atoms with van der Waals surface area (Å²) in [6.45, 7) is 5.28. The predicted octanol–water partition coefficient (Wildman–Crippen LogP) is 3.66. The topological polar surface area (TPSA) is 54.5 Å². The molecular weight excluding hydrogens is 334 g/mol. The Labute approximate surface area is 140 Å². The van der Waals surface area contributed by atoms with Crippen molar-refractivity contribution in [3.63, 3.8) is 0 Å². The first kappa shape index (κ1) is 16.0. The Balaban J connectivity index is 2.21. The van der Waals surface area contributed by atoms with E-state index < -0.39 is 21.3 Å². The molecule has 4 nitrogen and oxygen atoms in total. The van der Waals surface area contributed by atoms with Gasteiger partial charge in [0.25, 0.3) is 15.9 Å². The Kier molecular flexibility index (Phi) is 3.54. The molecule has 2 aromatic carbocycles. The molecule has 6 heteroatoms. The number of hydrogen-bond donors (Lipinski definition) is 0. The maximum absolute atomic E-state index is 13.0. The highest BCUT2D eigenvalue weighted by atomic mass is 35.5. The van der Waals surface area contributed by atoms with Gasteiger partial charge < -0.3 is 0 Å². The van der Waals surface area contributed by atoms with Gasteiger partial charge in [-0.05, 0) is 56.7 Å². The van der Waals surface area contributed by atoms with Crippen LogP contribution in [0.15, 0.2) is 47.4 Å². The average molecular weight is 350 g/mol. The lowest BCUT2D eigenvalue weighted by molar-refractivity contribution is -0.120. The second-order valence-electron chi connectivity index (χ2n) is 6.17. The molecule has 0 N–H and O–H groups in total. The third-order valence-electron chi connectivity index (χ3n) is 4.13. The zero-order valence-corrected chi connectivity index (χ0v) is 14.6. The Bertz CT molecular complexity index is 902. The number of anilines is 1. The van der Waals surface area contributed by atoms with E-state index in [9.17, 15) is 13.2 Å². The van der Waals surface area contributed by atoms with Crippen LogP contribution in [0.1, 0.15) is 25.0 Å². The van der Waals surface area contributed by atoms with E-state index in [1.807, 2.05) is 6.92 Å². The molecule has 0 saturated carbocycles. The Hall–Kier alpha value is -1.85. The van der Waals surface area contributed by atoms with E-state index in [-0.39, 0.29) is 4.90 Å². The van der Waals surface area contributed by atoms with E-state index in [1.165, 1.54) is 12.1 Å². The molecule has 1 aliphatic rings. The summed E-state index contributed by atoms with van der Waals surface area (Å²) >= 11 is 6.02. The van der Waals surface area contributed by atoms with Gasteiger partial charge in [-0.15, -0.1) is 0 Å². The third kappa shape index (κ3) is 2.35. The highest BCUT2D eigenvalue weighted by Crippen LogP contribution is 2.45. The predicted molar refractivity (Wildman–Crippen MR) is 90.3 cm³/mol. The number of aryl methyl sites for hydroxylation is 1. The molecule has 0 radical (unpaired) electrons. The number of amides is 1. The van der Waals surface area contributed by atoms with E-state index in [0.717, 1.165) is 9.87 Å². The number of rotatable bonds is 2. The standard InChI is InChI=1S/C17H16ClNO3S/c1-11-4-7-13(8-5-11)23(21,22)19-15-9-6-12(18)10-14(15)17(2,3)16(19)20/h4-10H,1-3H3. The van der Waals surface area contributed by atoms with Crippen LogP contribution in [0.2, 0.25) is 5.02 Å². The lowest BCUT2D eigenvalue weighted by atomic mass is 9.86. The fourth-order valence-electron chi connectivity index (χ4n) is 2.72. The molecule has 0 atom stereocenters. The summed E-state index contributed by atoms with van der Waals surface area (Å²) in [6, 6.07) is 11.3. The largest absolute Gasteiger partial charge is 0.272 e. The first-order valence-corrected chi connectivity index (χ1v) is 8.94. The smallest absolute Gasteiger partial charge is 0.270 e. The minimum absolute atomic E-state index is 0.0926. The average Bonchev–Trinajstić information content (AvgIpc) is 2.68. The lowest BCUT2D eigenvalue weighted by Gasteiger charge is -2.20. The SMILES string of the molecule is Cc1ccc(S(=O)(=O)N2C(=O)C(C)(C)c3cc(Cl)ccc32)cc1. The van der Waals surface area contributed by atoms with Crippen molar-refractivity contribution in [1.29, 1.82) is 0 Å². The van der Waals surface area contributed by atoms with Crippen LogP contribution in [0.25, 0.3) is 0 Å². The molecule has 0 fully saturated rings. The second-order valence-corrected chi connectivity index (χ2v) is 8.40. The number of nitrogens with zero attached hydrogens (tertiary/aromatic N) is 1. The van der Waals surface area contributed by atoms with Crippen molar-refractivity contribution >= 4 is 33.2 Å². The highest BCUT2D eigenvalue weighted by molar-refractivity contribution is 7.93. The maximum atomic E-state index is 13.0. The van der Waals surface area contributed by atoms with E-state index in [0.29, 0.717) is 16.3 Å². The minimum Gasteiger partial charge on any atom is -0.272 e. The fraction of sp³-hybridized carbons (Fsp3) is 0.235. The van der Waals surface area contributed by atoms with Gasteiger partial charge in [-0.3, -0.25) is 4.79 Å². The molecule has 1 amide bonds. The summed E-state index contributed by atoms with van der Waals surface area (Å²) in [6.07, 6.45) is 0. The van der Waals surface area contributed by atoms with E-state index >= 15 is 0 Å². The summed E-state index contributed by atoms with van der Waals surface area (Å²) < 4.78 is 26.8. The van der Waals surface area contributed by atoms with Crippen LogP contribution in [0.3, 0.4) is 0 Å². The van der Waals surface area contributed by atoms with Gasteiger partial charge in [0.05, 0.1) is 16.0 Å². The molecule has 1 aliphatic heterocycles. The molecule has 0 unspecified atom stereocenters. The van der Waals surface area contributed by atoms with Crippen LogP contribution in [-0.4, -0.2) is 14.3 Å². The number of fused-ring (bicyclic) bond motifs is 1. The molecule has 0 bridgehead atoms. The van der Waals surface area contributed by atoms with Crippen LogP contribution in [0.5, 0.6) is 0 Å². The monoisotopic (exact) mass is 349 g/mol. The highest BCUT2D eigenvalue weighted by Gasteiger charge is 2.49. The van der Waals surface area contributed by atoms with Gasteiger partial charge in [0.1, 0.15) is 0 Å². The van der Waals surface area contributed by atoms with Gasteiger partial charge in [-0.25, -0.2) is 12.7 Å². The Morgan fingerprint density at radius 3 is 2.26 bits per heavy atom. The van der Waals surface area contributed by atoms with Gasteiger partial charge in [0.15, 0.2) is 0 Å². The number of sulfonamides is 1. The summed E-state index contributed by atoms with van der Waals surface area (Å²) in [5.41, 5.74) is 0.984. The zero-order chi connectivity index (χ0) is 17.0. The van der Waals surface area contributed by atoms with Crippen molar-refractivity contribution in [1.82, 2.24) is 0 Å². The molecule has 3 rings (SSSR count). The molecule has 0 aromatic heterocycles. The number of carbonyl (C=O) groups excluding carboxylic acids is 1. The molecule has 0 saturated heterocycles. The first-order chi connectivity index (χ1) is 10.7. The fourth-order valence-corrected chi connectivity index (χ4v) is 4.45. The van der Waals surface area contributed by atoms with E-state index in [2.05, 4.69) is 0 Å². The molecule has 23 heavy (non-hydrogen) atoms. The zero-order valence-electron chi connectivity index (χ0n) is 13.0. The summed E-state index contributed by atoms with van der Waals surface area (Å²) in [4.78, 5) is 12.9. The second kappa shape index (κ2) is 5.08. The van der Waals surface area contributed by atoms with Gasteiger partial charge in [0, 0.05) is 5.02 Å². The molecule has 0 spiro atoms. The third-order valence-corrected chi connectivity index (χ3v) is 6.08. The van der Waals surface area contributed by atoms with Gasteiger partial charge in [-0.1, -0.05) is 29.3 Å². The van der Waals surface area contributed by atoms with Crippen molar-refractivity contribution in [2.24, 2.45) is 0 Å². The summed E-state index contributed by atoms with van der Waals surface area (Å²) in [7, 11) is -3.96. The van der Waals surface area contributed by atoms with Crippen molar-refractivity contribution in [3.05, 3.63) is 58.6 Å². The normalized spacial score (nSPS) is 16.5. The number of hydrogen-bond acceptors (Lipinski definition) is 3. The van der Waals surface area contributed by atoms with Crippen LogP contribution in [0.4, 0.5) is 5.69 Å². The Morgan fingerprint density at radius 2 is 1.65 bits per heavy atom. The van der Waals surface area contributed by atoms with Crippen molar-refractivity contribution in [2.45, 2.75) is 31.1 Å². The Morgan fingerprint density at radius 1 is 1.04 bits per heavy atom. The van der Waals surface area contributed by atoms with Crippen LogP contribution >= 0.6 is 11.6 Å². The van der Waals surface area contributed by atoms with Crippen molar-refractivity contribution in [2.75, 3.05) is 4.31 Å². The van der Waals surface area contributed by atoms with Crippen LogP contribution in [-0.2, 0) is 20.2 Å². The van der Waals surface area contributed by atoms with E-state index in [1.54, 1.807) is 44.2 Å². The van der Waals surface area contributed by atoms with Gasteiger partial charge >= 0.3 is 0 Å². The van der Waals surface area contributed by atoms with Crippen LogP contribution in [0, 0.1) is 6.92 Å². The lowest BCUT2D eigenvalue weighted by Crippen LogP contribution is -2.40. The molecule has 1 heterocycles. The first-order valence-electron chi connectivity index (χ1n) is 7.12. The molecule has 2 aromatic rings. The number of benzene rings is 2.